The zero-order chi connectivity index (χ0) is 18.4. The fraction of sp³-hybridized carbons (Fsp3) is 0.467. The highest BCUT2D eigenvalue weighted by molar-refractivity contribution is 8.00. The molecule has 1 unspecified atom stereocenters. The van der Waals surface area contributed by atoms with Crippen LogP contribution in [0.4, 0.5) is 13.2 Å². The summed E-state index contributed by atoms with van der Waals surface area (Å²) in [7, 11) is 1.78. The van der Waals surface area contributed by atoms with E-state index in [1.165, 1.54) is 41.3 Å². The minimum atomic E-state index is -4.49. The Morgan fingerprint density at radius 1 is 1.32 bits per heavy atom. The molecule has 0 amide bonds. The van der Waals surface area contributed by atoms with Gasteiger partial charge in [-0.15, -0.1) is 10.2 Å². The summed E-state index contributed by atoms with van der Waals surface area (Å²) in [6.45, 7) is 0.500. The number of aromatic nitrogens is 2. The quantitative estimate of drug-likeness (QED) is 0.696. The molecule has 0 aliphatic rings. The summed E-state index contributed by atoms with van der Waals surface area (Å²) in [5.74, 6) is -0.287. The number of alkyl halides is 3. The Morgan fingerprint density at radius 3 is 2.68 bits per heavy atom. The fourth-order valence-corrected chi connectivity index (χ4v) is 3.50. The van der Waals surface area contributed by atoms with Crippen LogP contribution in [0.2, 0.25) is 0 Å². The summed E-state index contributed by atoms with van der Waals surface area (Å²) in [4.78, 5) is 1.81. The lowest BCUT2D eigenvalue weighted by Crippen LogP contribution is -2.33. The van der Waals surface area contributed by atoms with Gasteiger partial charge in [0, 0.05) is 6.54 Å². The van der Waals surface area contributed by atoms with Crippen molar-refractivity contribution < 1.29 is 23.0 Å². The molecule has 0 spiro atoms. The first-order valence-corrected chi connectivity index (χ1v) is 9.35. The van der Waals surface area contributed by atoms with Crippen LogP contribution in [0, 0.1) is 0 Å². The number of likely N-dealkylation sites (N-methyl/N-ethyl adjacent to an activating group) is 1. The molecular formula is C15H18F3N3O2S2. The van der Waals surface area contributed by atoms with Crippen LogP contribution in [0.3, 0.4) is 0 Å². The van der Waals surface area contributed by atoms with Gasteiger partial charge in [-0.25, -0.2) is 0 Å². The highest BCUT2D eigenvalue weighted by Gasteiger charge is 2.34. The summed E-state index contributed by atoms with van der Waals surface area (Å²) in [5, 5.41) is 18.8. The summed E-state index contributed by atoms with van der Waals surface area (Å²) in [6.07, 6.45) is -3.52. The second kappa shape index (κ2) is 8.84. The van der Waals surface area contributed by atoms with Crippen molar-refractivity contribution in [2.45, 2.75) is 23.2 Å². The Labute approximate surface area is 151 Å². The van der Waals surface area contributed by atoms with Crippen molar-refractivity contribution in [3.05, 3.63) is 34.8 Å². The van der Waals surface area contributed by atoms with Crippen molar-refractivity contribution in [2.24, 2.45) is 0 Å². The molecule has 0 aliphatic carbocycles. The molecule has 0 fully saturated rings. The predicted octanol–water partition coefficient (Wildman–Crippen LogP) is 3.15. The highest BCUT2D eigenvalue weighted by Crippen LogP contribution is 2.35. The van der Waals surface area contributed by atoms with E-state index in [-0.39, 0.29) is 18.9 Å². The van der Waals surface area contributed by atoms with Gasteiger partial charge < -0.3 is 9.84 Å². The van der Waals surface area contributed by atoms with Crippen molar-refractivity contribution in [1.82, 2.24) is 15.1 Å². The number of nitrogens with zero attached hydrogens (tertiary/aromatic N) is 3. The molecule has 2 rings (SSSR count). The Kier molecular flexibility index (Phi) is 7.05. The van der Waals surface area contributed by atoms with E-state index in [4.69, 9.17) is 4.74 Å². The molecule has 5 nitrogen and oxygen atoms in total. The number of hydrogen-bond donors (Lipinski definition) is 1. The Hall–Kier alpha value is -1.36. The standard InChI is InChI=1S/C15H18F3N3O2S2/c1-21(8-13-19-20-14(24-2)25-13)7-10(22)9-23-12-6-4-3-5-11(12)15(16,17)18/h3-6,10,22H,7-9H2,1-2H3. The van der Waals surface area contributed by atoms with Crippen molar-refractivity contribution in [2.75, 3.05) is 26.5 Å². The average Bonchev–Trinajstić information content (AvgIpc) is 2.99. The lowest BCUT2D eigenvalue weighted by Gasteiger charge is -2.20. The van der Waals surface area contributed by atoms with E-state index < -0.39 is 17.8 Å². The molecule has 138 valence electrons. The first-order valence-electron chi connectivity index (χ1n) is 7.31. The van der Waals surface area contributed by atoms with E-state index in [0.29, 0.717) is 6.54 Å². The number of aliphatic hydroxyl groups excluding tert-OH is 1. The lowest BCUT2D eigenvalue weighted by molar-refractivity contribution is -0.139. The number of ether oxygens (including phenoxy) is 1. The molecule has 0 bridgehead atoms. The molecule has 0 radical (unpaired) electrons. The number of para-hydroxylation sites is 1. The predicted molar refractivity (Wildman–Crippen MR) is 91.0 cm³/mol. The van der Waals surface area contributed by atoms with Crippen molar-refractivity contribution >= 4 is 23.1 Å². The molecule has 2 aromatic rings. The summed E-state index contributed by atoms with van der Waals surface area (Å²) in [5.41, 5.74) is -0.853. The van der Waals surface area contributed by atoms with Crippen LogP contribution in [0.1, 0.15) is 10.6 Å². The number of aliphatic hydroxyl groups is 1. The van der Waals surface area contributed by atoms with E-state index in [1.54, 1.807) is 7.05 Å². The zero-order valence-corrected chi connectivity index (χ0v) is 15.3. The Balaban J connectivity index is 1.85. The third-order valence-corrected chi connectivity index (χ3v) is 5.06. The maximum absolute atomic E-state index is 12.9. The molecule has 1 aromatic carbocycles. The minimum Gasteiger partial charge on any atom is -0.490 e. The van der Waals surface area contributed by atoms with Gasteiger partial charge in [-0.3, -0.25) is 4.90 Å². The number of benzene rings is 1. The van der Waals surface area contributed by atoms with Crippen LogP contribution in [-0.2, 0) is 12.7 Å². The van der Waals surface area contributed by atoms with Gasteiger partial charge in [0.1, 0.15) is 23.5 Å². The molecule has 10 heteroatoms. The van der Waals surface area contributed by atoms with Crippen LogP contribution < -0.4 is 4.74 Å². The average molecular weight is 393 g/mol. The van der Waals surface area contributed by atoms with E-state index >= 15 is 0 Å². The van der Waals surface area contributed by atoms with E-state index in [2.05, 4.69) is 10.2 Å². The van der Waals surface area contributed by atoms with Gasteiger partial charge in [-0.05, 0) is 25.4 Å². The second-order valence-corrected chi connectivity index (χ2v) is 7.44. The van der Waals surface area contributed by atoms with Crippen LogP contribution in [0.5, 0.6) is 5.75 Å². The summed E-state index contributed by atoms with van der Waals surface area (Å²) in [6, 6.07) is 4.95. The van der Waals surface area contributed by atoms with Crippen molar-refractivity contribution in [3.8, 4) is 5.75 Å². The molecule has 0 saturated heterocycles. The Bertz CT molecular complexity index is 682. The molecule has 0 saturated carbocycles. The largest absolute Gasteiger partial charge is 0.490 e. The number of hydrogen-bond acceptors (Lipinski definition) is 7. The second-order valence-electron chi connectivity index (χ2n) is 5.32. The topological polar surface area (TPSA) is 58.5 Å². The van der Waals surface area contributed by atoms with Crippen molar-refractivity contribution in [1.29, 1.82) is 0 Å². The molecule has 1 N–H and O–H groups in total. The van der Waals surface area contributed by atoms with Crippen LogP contribution in [0.25, 0.3) is 0 Å². The van der Waals surface area contributed by atoms with Gasteiger partial charge in [-0.2, -0.15) is 13.2 Å². The van der Waals surface area contributed by atoms with Crippen LogP contribution >= 0.6 is 23.1 Å². The third kappa shape index (κ3) is 6.14. The van der Waals surface area contributed by atoms with Gasteiger partial charge >= 0.3 is 6.18 Å². The maximum Gasteiger partial charge on any atom is 0.419 e. The summed E-state index contributed by atoms with van der Waals surface area (Å²) >= 11 is 2.97. The lowest BCUT2D eigenvalue weighted by atomic mass is 10.2. The van der Waals surface area contributed by atoms with E-state index in [9.17, 15) is 18.3 Å². The normalized spacial score (nSPS) is 13.2. The number of rotatable bonds is 8. The summed E-state index contributed by atoms with van der Waals surface area (Å²) < 4.78 is 44.7. The van der Waals surface area contributed by atoms with Gasteiger partial charge in [-0.1, -0.05) is 35.2 Å². The van der Waals surface area contributed by atoms with Gasteiger partial charge in [0.25, 0.3) is 0 Å². The first kappa shape index (κ1) is 20.0. The van der Waals surface area contributed by atoms with Gasteiger partial charge in [0.15, 0.2) is 4.34 Å². The highest BCUT2D eigenvalue weighted by atomic mass is 32.2. The Morgan fingerprint density at radius 2 is 2.04 bits per heavy atom. The monoisotopic (exact) mass is 393 g/mol. The number of halogens is 3. The minimum absolute atomic E-state index is 0.233. The molecular weight excluding hydrogens is 375 g/mol. The van der Waals surface area contributed by atoms with Crippen LogP contribution in [-0.4, -0.2) is 52.8 Å². The fourth-order valence-electron chi connectivity index (χ4n) is 2.11. The smallest absolute Gasteiger partial charge is 0.419 e. The molecule has 25 heavy (non-hydrogen) atoms. The van der Waals surface area contributed by atoms with Crippen molar-refractivity contribution in [3.63, 3.8) is 0 Å². The van der Waals surface area contributed by atoms with Gasteiger partial charge in [0.2, 0.25) is 0 Å². The molecule has 1 atom stereocenters. The van der Waals surface area contributed by atoms with E-state index in [0.717, 1.165) is 15.4 Å². The van der Waals surface area contributed by atoms with Crippen LogP contribution in [0.15, 0.2) is 28.6 Å². The van der Waals surface area contributed by atoms with Gasteiger partial charge in [0.05, 0.1) is 12.1 Å². The zero-order valence-electron chi connectivity index (χ0n) is 13.7. The molecule has 1 heterocycles. The first-order chi connectivity index (χ1) is 11.8. The molecule has 1 aromatic heterocycles. The third-order valence-electron chi connectivity index (χ3n) is 3.17. The number of thioether (sulfide) groups is 1. The molecule has 0 aliphatic heterocycles. The van der Waals surface area contributed by atoms with E-state index in [1.807, 2.05) is 11.2 Å². The maximum atomic E-state index is 12.9. The SMILES string of the molecule is CSc1nnc(CN(C)CC(O)COc2ccccc2C(F)(F)F)s1.